The van der Waals surface area contributed by atoms with Crippen molar-refractivity contribution in [3.05, 3.63) is 53.3 Å². The number of aromatic nitrogens is 2. The van der Waals surface area contributed by atoms with E-state index in [1.165, 1.54) is 5.56 Å². The van der Waals surface area contributed by atoms with E-state index in [1.807, 2.05) is 35.1 Å². The molecular formula is C13H16ClN3. The average Bonchev–Trinajstić information content (AvgIpc) is 2.79. The molecule has 17 heavy (non-hydrogen) atoms. The second kappa shape index (κ2) is 5.84. The summed E-state index contributed by atoms with van der Waals surface area (Å²) in [6.07, 6.45) is 3.77. The molecule has 3 nitrogen and oxygen atoms in total. The van der Waals surface area contributed by atoms with Gasteiger partial charge in [-0.15, -0.1) is 0 Å². The molecule has 1 aromatic heterocycles. The van der Waals surface area contributed by atoms with Gasteiger partial charge in [-0.05, 0) is 30.7 Å². The van der Waals surface area contributed by atoms with Gasteiger partial charge in [0.25, 0.3) is 0 Å². The number of rotatable bonds is 5. The monoisotopic (exact) mass is 249 g/mol. The van der Waals surface area contributed by atoms with Crippen molar-refractivity contribution in [2.45, 2.75) is 26.1 Å². The van der Waals surface area contributed by atoms with Gasteiger partial charge in [0.2, 0.25) is 0 Å². The predicted molar refractivity (Wildman–Crippen MR) is 70.0 cm³/mol. The SMILES string of the molecule is CC(Cn1cccn1)NCc1cccc(Cl)c1. The summed E-state index contributed by atoms with van der Waals surface area (Å²) in [6, 6.07) is 10.2. The van der Waals surface area contributed by atoms with Gasteiger partial charge < -0.3 is 5.32 Å². The Hall–Kier alpha value is -1.32. The summed E-state index contributed by atoms with van der Waals surface area (Å²) in [4.78, 5) is 0. The van der Waals surface area contributed by atoms with E-state index in [1.54, 1.807) is 6.20 Å². The zero-order valence-electron chi connectivity index (χ0n) is 9.81. The van der Waals surface area contributed by atoms with Crippen LogP contribution >= 0.6 is 11.6 Å². The normalized spacial score (nSPS) is 12.6. The van der Waals surface area contributed by atoms with Gasteiger partial charge in [-0.2, -0.15) is 5.10 Å². The molecule has 2 aromatic rings. The highest BCUT2D eigenvalue weighted by Crippen LogP contribution is 2.10. The van der Waals surface area contributed by atoms with E-state index >= 15 is 0 Å². The lowest BCUT2D eigenvalue weighted by molar-refractivity contribution is 0.451. The molecule has 1 heterocycles. The van der Waals surface area contributed by atoms with Crippen LogP contribution in [-0.2, 0) is 13.1 Å². The van der Waals surface area contributed by atoms with Gasteiger partial charge >= 0.3 is 0 Å². The molecule has 1 unspecified atom stereocenters. The Morgan fingerprint density at radius 3 is 3.00 bits per heavy atom. The Balaban J connectivity index is 1.82. The van der Waals surface area contributed by atoms with E-state index in [-0.39, 0.29) is 0 Å². The number of benzene rings is 1. The Labute approximate surface area is 106 Å². The molecule has 0 saturated heterocycles. The predicted octanol–water partition coefficient (Wildman–Crippen LogP) is 2.71. The maximum Gasteiger partial charge on any atom is 0.0560 e. The largest absolute Gasteiger partial charge is 0.308 e. The highest BCUT2D eigenvalue weighted by Gasteiger charge is 2.02. The van der Waals surface area contributed by atoms with E-state index < -0.39 is 0 Å². The fraction of sp³-hybridized carbons (Fsp3) is 0.308. The summed E-state index contributed by atoms with van der Waals surface area (Å²) in [5.74, 6) is 0. The Kier molecular flexibility index (Phi) is 4.18. The molecule has 0 radical (unpaired) electrons. The van der Waals surface area contributed by atoms with Crippen LogP contribution in [0, 0.1) is 0 Å². The number of halogens is 1. The van der Waals surface area contributed by atoms with Crippen LogP contribution in [0.4, 0.5) is 0 Å². The van der Waals surface area contributed by atoms with Crippen LogP contribution in [0.3, 0.4) is 0 Å². The van der Waals surface area contributed by atoms with Gasteiger partial charge in [0.05, 0.1) is 6.54 Å². The molecule has 1 aromatic carbocycles. The van der Waals surface area contributed by atoms with Gasteiger partial charge in [0.15, 0.2) is 0 Å². The highest BCUT2D eigenvalue weighted by molar-refractivity contribution is 6.30. The summed E-state index contributed by atoms with van der Waals surface area (Å²) in [5, 5.41) is 8.41. The molecule has 1 N–H and O–H groups in total. The topological polar surface area (TPSA) is 29.9 Å². The molecule has 2 rings (SSSR count). The lowest BCUT2D eigenvalue weighted by atomic mass is 10.2. The van der Waals surface area contributed by atoms with Crippen LogP contribution < -0.4 is 5.32 Å². The minimum Gasteiger partial charge on any atom is -0.308 e. The maximum atomic E-state index is 5.93. The van der Waals surface area contributed by atoms with Gasteiger partial charge in [-0.1, -0.05) is 23.7 Å². The summed E-state index contributed by atoms with van der Waals surface area (Å²) >= 11 is 5.93. The van der Waals surface area contributed by atoms with Crippen LogP contribution in [0.5, 0.6) is 0 Å². The van der Waals surface area contributed by atoms with Crippen LogP contribution in [0.1, 0.15) is 12.5 Å². The molecule has 0 aliphatic rings. The molecule has 0 saturated carbocycles. The third-order valence-corrected chi connectivity index (χ3v) is 2.80. The van der Waals surface area contributed by atoms with Gasteiger partial charge in [0, 0.05) is 30.0 Å². The lowest BCUT2D eigenvalue weighted by Gasteiger charge is -2.14. The molecule has 0 aliphatic heterocycles. The van der Waals surface area contributed by atoms with Gasteiger partial charge in [-0.25, -0.2) is 0 Å². The summed E-state index contributed by atoms with van der Waals surface area (Å²) < 4.78 is 1.93. The van der Waals surface area contributed by atoms with Crippen LogP contribution in [0.2, 0.25) is 5.02 Å². The van der Waals surface area contributed by atoms with Crippen LogP contribution in [0.15, 0.2) is 42.7 Å². The first-order chi connectivity index (χ1) is 8.24. The first-order valence-corrected chi connectivity index (χ1v) is 6.07. The lowest BCUT2D eigenvalue weighted by Crippen LogP contribution is -2.30. The standard InChI is InChI=1S/C13H16ClN3/c1-11(10-17-7-3-6-16-17)15-9-12-4-2-5-13(14)8-12/h2-8,11,15H,9-10H2,1H3. The fourth-order valence-corrected chi connectivity index (χ4v) is 1.91. The Morgan fingerprint density at radius 2 is 2.29 bits per heavy atom. The molecular weight excluding hydrogens is 234 g/mol. The smallest absolute Gasteiger partial charge is 0.0560 e. The van der Waals surface area contributed by atoms with Gasteiger partial charge in [-0.3, -0.25) is 4.68 Å². The van der Waals surface area contributed by atoms with Crippen molar-refractivity contribution >= 4 is 11.6 Å². The molecule has 0 amide bonds. The minimum absolute atomic E-state index is 0.369. The van der Waals surface area contributed by atoms with E-state index in [9.17, 15) is 0 Å². The minimum atomic E-state index is 0.369. The van der Waals surface area contributed by atoms with E-state index in [0.717, 1.165) is 18.1 Å². The average molecular weight is 250 g/mol. The second-order valence-corrected chi connectivity index (χ2v) is 4.58. The first-order valence-electron chi connectivity index (χ1n) is 5.69. The fourth-order valence-electron chi connectivity index (χ4n) is 1.69. The first kappa shape index (κ1) is 12.1. The van der Waals surface area contributed by atoms with E-state index in [4.69, 9.17) is 11.6 Å². The summed E-state index contributed by atoms with van der Waals surface area (Å²) in [7, 11) is 0. The van der Waals surface area contributed by atoms with Crippen LogP contribution in [-0.4, -0.2) is 15.8 Å². The van der Waals surface area contributed by atoms with Crippen LogP contribution in [0.25, 0.3) is 0 Å². The number of nitrogens with one attached hydrogen (secondary N) is 1. The van der Waals surface area contributed by atoms with Crippen molar-refractivity contribution in [2.24, 2.45) is 0 Å². The number of nitrogens with zero attached hydrogens (tertiary/aromatic N) is 2. The van der Waals surface area contributed by atoms with Crippen molar-refractivity contribution in [3.8, 4) is 0 Å². The summed E-state index contributed by atoms with van der Waals surface area (Å²) in [6.45, 7) is 3.84. The number of hydrogen-bond acceptors (Lipinski definition) is 2. The van der Waals surface area contributed by atoms with Crippen molar-refractivity contribution in [1.29, 1.82) is 0 Å². The third kappa shape index (κ3) is 3.88. The van der Waals surface area contributed by atoms with E-state index in [2.05, 4.69) is 23.4 Å². The van der Waals surface area contributed by atoms with Crippen molar-refractivity contribution in [3.63, 3.8) is 0 Å². The van der Waals surface area contributed by atoms with Gasteiger partial charge in [0.1, 0.15) is 0 Å². The molecule has 0 spiro atoms. The molecule has 4 heteroatoms. The van der Waals surface area contributed by atoms with E-state index in [0.29, 0.717) is 6.04 Å². The second-order valence-electron chi connectivity index (χ2n) is 4.14. The third-order valence-electron chi connectivity index (χ3n) is 2.56. The molecule has 0 bridgehead atoms. The maximum absolute atomic E-state index is 5.93. The summed E-state index contributed by atoms with van der Waals surface area (Å²) in [5.41, 5.74) is 1.20. The molecule has 0 fully saturated rings. The zero-order valence-corrected chi connectivity index (χ0v) is 10.6. The Bertz CT molecular complexity index is 453. The molecule has 90 valence electrons. The molecule has 1 atom stereocenters. The highest BCUT2D eigenvalue weighted by atomic mass is 35.5. The number of hydrogen-bond donors (Lipinski definition) is 1. The van der Waals surface area contributed by atoms with Crippen molar-refractivity contribution < 1.29 is 0 Å². The van der Waals surface area contributed by atoms with Crippen molar-refractivity contribution in [2.75, 3.05) is 0 Å². The molecule has 0 aliphatic carbocycles. The Morgan fingerprint density at radius 1 is 1.41 bits per heavy atom. The zero-order chi connectivity index (χ0) is 12.1. The van der Waals surface area contributed by atoms with Crippen molar-refractivity contribution in [1.82, 2.24) is 15.1 Å². The quantitative estimate of drug-likeness (QED) is 0.883.